The van der Waals surface area contributed by atoms with E-state index in [2.05, 4.69) is 63.5 Å². The first-order chi connectivity index (χ1) is 15.3. The average Bonchev–Trinajstić information content (AvgIpc) is 2.93. The first-order valence-corrected chi connectivity index (χ1v) is 12.5. The van der Waals surface area contributed by atoms with Crippen LogP contribution in [0.15, 0.2) is 63.3 Å². The Balaban J connectivity index is 0.000000523. The molecule has 0 aromatic heterocycles. The predicted molar refractivity (Wildman–Crippen MR) is 125 cm³/mol. The van der Waals surface area contributed by atoms with E-state index >= 15 is 0 Å². The number of aliphatic imine (C=N–C) groups is 1. The number of hydrogen-bond acceptors (Lipinski definition) is 8. The summed E-state index contributed by atoms with van der Waals surface area (Å²) in [6, 6.07) is 16.9. The van der Waals surface area contributed by atoms with Crippen LogP contribution in [0.5, 0.6) is 0 Å². The first-order valence-electron chi connectivity index (χ1n) is 10.2. The van der Waals surface area contributed by atoms with E-state index in [1.807, 2.05) is 0 Å². The smallest absolute Gasteiger partial charge is 0.330 e. The van der Waals surface area contributed by atoms with Crippen LogP contribution in [0.25, 0.3) is 0 Å². The van der Waals surface area contributed by atoms with Crippen LogP contribution in [0.1, 0.15) is 5.56 Å². The summed E-state index contributed by atoms with van der Waals surface area (Å²) in [5.74, 6) is 1.08. The topological polar surface area (TPSA) is 129 Å². The molecule has 2 heterocycles. The molecule has 2 aliphatic rings. The zero-order chi connectivity index (χ0) is 23.0. The molecule has 4 N–H and O–H groups in total. The fraction of sp³-hybridized carbons (Fsp3) is 0.381. The van der Waals surface area contributed by atoms with Gasteiger partial charge in [-0.15, -0.1) is 0 Å². The lowest BCUT2D eigenvalue weighted by Gasteiger charge is -2.36. The van der Waals surface area contributed by atoms with E-state index in [0.29, 0.717) is 13.2 Å². The van der Waals surface area contributed by atoms with Crippen molar-refractivity contribution in [2.75, 3.05) is 52.5 Å². The lowest BCUT2D eigenvalue weighted by molar-refractivity contribution is 0.0652. The lowest BCUT2D eigenvalue weighted by Crippen LogP contribution is -2.49. The van der Waals surface area contributed by atoms with Crippen LogP contribution in [-0.2, 0) is 15.0 Å². The molecule has 32 heavy (non-hydrogen) atoms. The standard InChI is InChI=1S/C21H25N3O2S.H3NO3S/c25-14-16-26-15-13-23-9-11-24(12-10-23)21-17-5-1-3-7-19(17)27-20-8-4-2-6-18(20)22-21;1-5(2,3)4/h1-8,25H,9-16H2;(H3,1,2,3,4). The number of rotatable bonds is 5. The minimum atomic E-state index is -4.17. The van der Waals surface area contributed by atoms with Gasteiger partial charge in [0.05, 0.1) is 25.5 Å². The SMILES string of the molecule is NS(=O)(=O)O.OCCOCCN1CCN(C2=Nc3ccccc3Sc3ccccc32)CC1. The Kier molecular flexibility index (Phi) is 9.05. The second kappa shape index (κ2) is 11.8. The number of para-hydroxylation sites is 1. The van der Waals surface area contributed by atoms with E-state index in [1.54, 1.807) is 11.8 Å². The van der Waals surface area contributed by atoms with E-state index in [4.69, 9.17) is 27.8 Å². The van der Waals surface area contributed by atoms with E-state index in [9.17, 15) is 0 Å². The molecule has 0 unspecified atom stereocenters. The predicted octanol–water partition coefficient (Wildman–Crippen LogP) is 1.60. The van der Waals surface area contributed by atoms with Crippen LogP contribution in [0.4, 0.5) is 5.69 Å². The Labute approximate surface area is 192 Å². The van der Waals surface area contributed by atoms with E-state index in [-0.39, 0.29) is 6.61 Å². The van der Waals surface area contributed by atoms with Gasteiger partial charge in [-0.3, -0.25) is 9.45 Å². The fourth-order valence-corrected chi connectivity index (χ4v) is 4.47. The number of amidine groups is 1. The van der Waals surface area contributed by atoms with Crippen LogP contribution >= 0.6 is 11.8 Å². The Morgan fingerprint density at radius 1 is 1.00 bits per heavy atom. The van der Waals surface area contributed by atoms with Gasteiger partial charge in [-0.1, -0.05) is 42.1 Å². The summed E-state index contributed by atoms with van der Waals surface area (Å²) in [5, 5.41) is 12.7. The number of ether oxygens (including phenoxy) is 1. The quantitative estimate of drug-likeness (QED) is 0.435. The summed E-state index contributed by atoms with van der Waals surface area (Å²) in [5.41, 5.74) is 2.27. The molecule has 9 nitrogen and oxygen atoms in total. The minimum Gasteiger partial charge on any atom is -0.394 e. The normalized spacial score (nSPS) is 16.2. The fourth-order valence-electron chi connectivity index (χ4n) is 3.45. The maximum absolute atomic E-state index is 8.97. The number of nitrogens with zero attached hydrogens (tertiary/aromatic N) is 3. The van der Waals surface area contributed by atoms with Crippen molar-refractivity contribution in [2.24, 2.45) is 10.1 Å². The molecule has 0 bridgehead atoms. The highest BCUT2D eigenvalue weighted by atomic mass is 32.2. The van der Waals surface area contributed by atoms with Crippen LogP contribution in [-0.4, -0.2) is 86.3 Å². The summed E-state index contributed by atoms with van der Waals surface area (Å²) in [6.07, 6.45) is 0. The molecular formula is C21H28N4O5S2. The Morgan fingerprint density at radius 2 is 1.62 bits per heavy atom. The average molecular weight is 481 g/mol. The third kappa shape index (κ3) is 7.55. The van der Waals surface area contributed by atoms with Gasteiger partial charge < -0.3 is 14.7 Å². The molecule has 0 amide bonds. The zero-order valence-corrected chi connectivity index (χ0v) is 19.3. The van der Waals surface area contributed by atoms with Crippen molar-refractivity contribution >= 4 is 33.6 Å². The monoisotopic (exact) mass is 480 g/mol. The van der Waals surface area contributed by atoms with Gasteiger partial charge in [-0.2, -0.15) is 8.42 Å². The van der Waals surface area contributed by atoms with Crippen LogP contribution in [0, 0.1) is 0 Å². The number of fused-ring (bicyclic) bond motifs is 2. The third-order valence-corrected chi connectivity index (χ3v) is 6.04. The number of benzene rings is 2. The van der Waals surface area contributed by atoms with Crippen LogP contribution < -0.4 is 5.14 Å². The van der Waals surface area contributed by atoms with Crippen molar-refractivity contribution in [1.29, 1.82) is 0 Å². The second-order valence-electron chi connectivity index (χ2n) is 7.18. The molecule has 2 aromatic rings. The Hall–Kier alpha value is -1.99. The summed E-state index contributed by atoms with van der Waals surface area (Å²) in [7, 11) is -4.17. The lowest BCUT2D eigenvalue weighted by atomic mass is 10.1. The van der Waals surface area contributed by atoms with Gasteiger partial charge in [-0.05, 0) is 18.2 Å². The van der Waals surface area contributed by atoms with Gasteiger partial charge in [0.2, 0.25) is 0 Å². The van der Waals surface area contributed by atoms with Crippen molar-refractivity contribution in [3.63, 3.8) is 0 Å². The van der Waals surface area contributed by atoms with E-state index in [1.165, 1.54) is 15.4 Å². The highest BCUT2D eigenvalue weighted by molar-refractivity contribution is 7.99. The number of hydrogen-bond donors (Lipinski definition) is 3. The number of nitrogens with two attached hydrogens (primary N) is 1. The van der Waals surface area contributed by atoms with Crippen molar-refractivity contribution in [2.45, 2.75) is 9.79 Å². The molecule has 0 spiro atoms. The number of piperazine rings is 1. The second-order valence-corrected chi connectivity index (χ2v) is 9.29. The summed E-state index contributed by atoms with van der Waals surface area (Å²) < 4.78 is 30.6. The van der Waals surface area contributed by atoms with Gasteiger partial charge in [0.25, 0.3) is 0 Å². The molecule has 1 saturated heterocycles. The van der Waals surface area contributed by atoms with Gasteiger partial charge in [0.15, 0.2) is 0 Å². The molecule has 2 aliphatic heterocycles. The van der Waals surface area contributed by atoms with Crippen molar-refractivity contribution in [1.82, 2.24) is 9.80 Å². The molecule has 174 valence electrons. The highest BCUT2D eigenvalue weighted by Gasteiger charge is 2.24. The molecule has 0 atom stereocenters. The van der Waals surface area contributed by atoms with E-state index < -0.39 is 10.3 Å². The maximum Gasteiger partial charge on any atom is 0.330 e. The molecule has 0 aliphatic carbocycles. The maximum atomic E-state index is 8.97. The molecule has 4 rings (SSSR count). The molecule has 0 radical (unpaired) electrons. The largest absolute Gasteiger partial charge is 0.394 e. The van der Waals surface area contributed by atoms with Crippen LogP contribution in [0.2, 0.25) is 0 Å². The molecular weight excluding hydrogens is 452 g/mol. The highest BCUT2D eigenvalue weighted by Crippen LogP contribution is 2.40. The Morgan fingerprint density at radius 3 is 2.31 bits per heavy atom. The number of aliphatic hydroxyl groups is 1. The molecule has 0 saturated carbocycles. The van der Waals surface area contributed by atoms with Crippen molar-refractivity contribution in [3.05, 3.63) is 54.1 Å². The zero-order valence-electron chi connectivity index (χ0n) is 17.6. The van der Waals surface area contributed by atoms with Crippen molar-refractivity contribution < 1.29 is 22.8 Å². The third-order valence-electron chi connectivity index (χ3n) is 4.90. The first kappa shape index (κ1) is 24.6. The van der Waals surface area contributed by atoms with Crippen LogP contribution in [0.3, 0.4) is 0 Å². The number of aliphatic hydroxyl groups excluding tert-OH is 1. The van der Waals surface area contributed by atoms with Gasteiger partial charge in [-0.25, -0.2) is 10.1 Å². The van der Waals surface area contributed by atoms with Gasteiger partial charge in [0, 0.05) is 48.1 Å². The Bertz CT molecular complexity index is 1020. The van der Waals surface area contributed by atoms with Gasteiger partial charge >= 0.3 is 10.3 Å². The summed E-state index contributed by atoms with van der Waals surface area (Å²) in [4.78, 5) is 12.4. The molecule has 2 aromatic carbocycles. The van der Waals surface area contributed by atoms with Gasteiger partial charge in [0.1, 0.15) is 5.84 Å². The summed E-state index contributed by atoms with van der Waals surface area (Å²) in [6.45, 7) is 6.01. The molecule has 1 fully saturated rings. The summed E-state index contributed by atoms with van der Waals surface area (Å²) >= 11 is 1.80. The van der Waals surface area contributed by atoms with Crippen molar-refractivity contribution in [3.8, 4) is 0 Å². The minimum absolute atomic E-state index is 0.0898. The van der Waals surface area contributed by atoms with E-state index in [0.717, 1.165) is 44.2 Å². The molecule has 11 heteroatoms.